The van der Waals surface area contributed by atoms with Gasteiger partial charge in [-0.05, 0) is 38.6 Å². The zero-order valence-electron chi connectivity index (χ0n) is 12.1. The van der Waals surface area contributed by atoms with Gasteiger partial charge in [-0.1, -0.05) is 13.8 Å². The van der Waals surface area contributed by atoms with Crippen LogP contribution in [-0.4, -0.2) is 44.0 Å². The Morgan fingerprint density at radius 2 is 2.06 bits per heavy atom. The minimum absolute atomic E-state index is 0.0893. The summed E-state index contributed by atoms with van der Waals surface area (Å²) in [5.74, 6) is 1.54. The van der Waals surface area contributed by atoms with E-state index in [-0.39, 0.29) is 11.3 Å². The largest absolute Gasteiger partial charge is 0.380 e. The van der Waals surface area contributed by atoms with E-state index in [0.717, 1.165) is 45.1 Å². The Bertz CT molecular complexity index is 297. The number of carbonyl (C=O) groups excluding carboxylic acids is 1. The second kappa shape index (κ2) is 5.70. The first kappa shape index (κ1) is 14.0. The quantitative estimate of drug-likeness (QED) is 0.652. The standard InChI is InChI=1S/C15H27NO2/c1-15(2)7-6-13(14(15)17)10-16(3)8-9-18-11-12-4-5-12/h12-13H,4-11H2,1-3H3. The lowest BCUT2D eigenvalue weighted by Crippen LogP contribution is -2.33. The van der Waals surface area contributed by atoms with Crippen LogP contribution in [0.2, 0.25) is 0 Å². The van der Waals surface area contributed by atoms with E-state index in [1.807, 2.05) is 0 Å². The second-order valence-corrected chi connectivity index (χ2v) is 6.76. The Kier molecular flexibility index (Phi) is 4.44. The number of Topliss-reactive ketones (excluding diaryl/α,β-unsaturated/α-hetero) is 1. The lowest BCUT2D eigenvalue weighted by molar-refractivity contribution is -0.127. The molecular formula is C15H27NO2. The topological polar surface area (TPSA) is 29.5 Å². The van der Waals surface area contributed by atoms with Gasteiger partial charge in [0.05, 0.1) is 6.61 Å². The van der Waals surface area contributed by atoms with E-state index in [2.05, 4.69) is 25.8 Å². The molecule has 0 radical (unpaired) electrons. The summed E-state index contributed by atoms with van der Waals surface area (Å²) in [4.78, 5) is 14.4. The molecule has 0 aliphatic heterocycles. The highest BCUT2D eigenvalue weighted by Gasteiger charge is 2.40. The van der Waals surface area contributed by atoms with Crippen molar-refractivity contribution in [2.75, 3.05) is 33.4 Å². The van der Waals surface area contributed by atoms with Crippen LogP contribution in [-0.2, 0) is 9.53 Å². The smallest absolute Gasteiger partial charge is 0.142 e. The molecule has 3 nitrogen and oxygen atoms in total. The molecule has 2 saturated carbocycles. The molecule has 0 saturated heterocycles. The molecule has 0 heterocycles. The molecule has 2 aliphatic rings. The van der Waals surface area contributed by atoms with Gasteiger partial charge in [-0.25, -0.2) is 0 Å². The van der Waals surface area contributed by atoms with Crippen molar-refractivity contribution in [2.24, 2.45) is 17.3 Å². The normalized spacial score (nSPS) is 27.1. The SMILES string of the molecule is CN(CCOCC1CC1)CC1CCC(C)(C)C1=O. The van der Waals surface area contributed by atoms with E-state index in [0.29, 0.717) is 5.78 Å². The maximum absolute atomic E-state index is 12.1. The molecule has 2 fully saturated rings. The number of hydrogen-bond donors (Lipinski definition) is 0. The number of carbonyl (C=O) groups is 1. The molecule has 0 spiro atoms. The van der Waals surface area contributed by atoms with Gasteiger partial charge in [0, 0.05) is 31.0 Å². The monoisotopic (exact) mass is 253 g/mol. The molecule has 104 valence electrons. The number of ketones is 1. The third-order valence-electron chi connectivity index (χ3n) is 4.36. The fourth-order valence-corrected chi connectivity index (χ4v) is 2.74. The summed E-state index contributed by atoms with van der Waals surface area (Å²) >= 11 is 0. The van der Waals surface area contributed by atoms with Crippen LogP contribution in [0.15, 0.2) is 0 Å². The molecule has 0 aromatic heterocycles. The van der Waals surface area contributed by atoms with E-state index in [1.165, 1.54) is 12.8 Å². The lowest BCUT2D eigenvalue weighted by Gasteiger charge is -2.21. The molecule has 0 aromatic carbocycles. The second-order valence-electron chi connectivity index (χ2n) is 6.76. The van der Waals surface area contributed by atoms with Crippen molar-refractivity contribution in [1.82, 2.24) is 4.90 Å². The van der Waals surface area contributed by atoms with Crippen LogP contribution in [0.25, 0.3) is 0 Å². The number of likely N-dealkylation sites (N-methyl/N-ethyl adjacent to an activating group) is 1. The number of rotatable bonds is 7. The zero-order chi connectivity index (χ0) is 13.2. The predicted molar refractivity (Wildman–Crippen MR) is 72.6 cm³/mol. The van der Waals surface area contributed by atoms with Crippen molar-refractivity contribution in [3.63, 3.8) is 0 Å². The highest BCUT2D eigenvalue weighted by atomic mass is 16.5. The Balaban J connectivity index is 1.61. The minimum Gasteiger partial charge on any atom is -0.380 e. The van der Waals surface area contributed by atoms with Crippen LogP contribution >= 0.6 is 0 Å². The molecule has 0 amide bonds. The molecule has 1 unspecified atom stereocenters. The summed E-state index contributed by atoms with van der Waals surface area (Å²) in [6.45, 7) is 7.73. The Morgan fingerprint density at radius 1 is 1.33 bits per heavy atom. The Hall–Kier alpha value is -0.410. The van der Waals surface area contributed by atoms with Crippen LogP contribution < -0.4 is 0 Å². The number of nitrogens with zero attached hydrogens (tertiary/aromatic N) is 1. The summed E-state index contributed by atoms with van der Waals surface area (Å²) in [7, 11) is 2.10. The average molecular weight is 253 g/mol. The van der Waals surface area contributed by atoms with Gasteiger partial charge in [0.15, 0.2) is 0 Å². The van der Waals surface area contributed by atoms with Gasteiger partial charge in [-0.15, -0.1) is 0 Å². The van der Waals surface area contributed by atoms with E-state index >= 15 is 0 Å². The first-order valence-corrected chi connectivity index (χ1v) is 7.29. The highest BCUT2D eigenvalue weighted by Crippen LogP contribution is 2.37. The van der Waals surface area contributed by atoms with E-state index in [4.69, 9.17) is 4.74 Å². The van der Waals surface area contributed by atoms with Crippen molar-refractivity contribution in [3.8, 4) is 0 Å². The van der Waals surface area contributed by atoms with E-state index in [9.17, 15) is 4.79 Å². The lowest BCUT2D eigenvalue weighted by atomic mass is 9.89. The molecular weight excluding hydrogens is 226 g/mol. The van der Waals surface area contributed by atoms with Crippen LogP contribution in [0.3, 0.4) is 0 Å². The molecule has 0 N–H and O–H groups in total. The fourth-order valence-electron chi connectivity index (χ4n) is 2.74. The van der Waals surface area contributed by atoms with Crippen LogP contribution in [0, 0.1) is 17.3 Å². The van der Waals surface area contributed by atoms with Gasteiger partial charge in [0.2, 0.25) is 0 Å². The molecule has 0 bridgehead atoms. The third kappa shape index (κ3) is 3.79. The predicted octanol–water partition coefficient (Wildman–Crippen LogP) is 2.35. The summed E-state index contributed by atoms with van der Waals surface area (Å²) in [5, 5.41) is 0. The average Bonchev–Trinajstić information content (AvgIpc) is 3.09. The van der Waals surface area contributed by atoms with Crippen molar-refractivity contribution in [3.05, 3.63) is 0 Å². The molecule has 0 aromatic rings. The Morgan fingerprint density at radius 3 is 2.61 bits per heavy atom. The molecule has 2 aliphatic carbocycles. The van der Waals surface area contributed by atoms with Crippen molar-refractivity contribution < 1.29 is 9.53 Å². The molecule has 2 rings (SSSR count). The van der Waals surface area contributed by atoms with E-state index < -0.39 is 0 Å². The van der Waals surface area contributed by atoms with E-state index in [1.54, 1.807) is 0 Å². The minimum atomic E-state index is -0.0893. The van der Waals surface area contributed by atoms with Gasteiger partial charge in [-0.3, -0.25) is 4.79 Å². The van der Waals surface area contributed by atoms with Crippen LogP contribution in [0.4, 0.5) is 0 Å². The van der Waals surface area contributed by atoms with Gasteiger partial charge in [0.1, 0.15) is 5.78 Å². The van der Waals surface area contributed by atoms with Gasteiger partial charge >= 0.3 is 0 Å². The number of ether oxygens (including phenoxy) is 1. The molecule has 3 heteroatoms. The molecule has 18 heavy (non-hydrogen) atoms. The fraction of sp³-hybridized carbons (Fsp3) is 0.933. The van der Waals surface area contributed by atoms with Gasteiger partial charge in [0.25, 0.3) is 0 Å². The Labute approximate surface area is 111 Å². The van der Waals surface area contributed by atoms with Gasteiger partial charge in [-0.2, -0.15) is 0 Å². The van der Waals surface area contributed by atoms with Crippen molar-refractivity contribution >= 4 is 5.78 Å². The third-order valence-corrected chi connectivity index (χ3v) is 4.36. The van der Waals surface area contributed by atoms with Crippen LogP contribution in [0.5, 0.6) is 0 Å². The maximum Gasteiger partial charge on any atom is 0.142 e. The van der Waals surface area contributed by atoms with Crippen LogP contribution in [0.1, 0.15) is 39.5 Å². The maximum atomic E-state index is 12.1. The highest BCUT2D eigenvalue weighted by molar-refractivity contribution is 5.88. The molecule has 1 atom stereocenters. The van der Waals surface area contributed by atoms with Crippen molar-refractivity contribution in [1.29, 1.82) is 0 Å². The summed E-state index contributed by atoms with van der Waals surface area (Å²) in [5.41, 5.74) is -0.0893. The zero-order valence-corrected chi connectivity index (χ0v) is 12.1. The van der Waals surface area contributed by atoms with Crippen molar-refractivity contribution in [2.45, 2.75) is 39.5 Å². The summed E-state index contributed by atoms with van der Waals surface area (Å²) < 4.78 is 5.63. The number of hydrogen-bond acceptors (Lipinski definition) is 3. The summed E-state index contributed by atoms with van der Waals surface area (Å²) in [6, 6.07) is 0. The summed E-state index contributed by atoms with van der Waals surface area (Å²) in [6.07, 6.45) is 4.80. The first-order valence-electron chi connectivity index (χ1n) is 7.29. The van der Waals surface area contributed by atoms with Gasteiger partial charge < -0.3 is 9.64 Å². The first-order chi connectivity index (χ1) is 8.49.